The first-order chi connectivity index (χ1) is 9.99. The summed E-state index contributed by atoms with van der Waals surface area (Å²) in [7, 11) is 0. The maximum absolute atomic E-state index is 10.4. The van der Waals surface area contributed by atoms with Gasteiger partial charge in [0.05, 0.1) is 18.5 Å². The van der Waals surface area contributed by atoms with Crippen LogP contribution in [-0.4, -0.2) is 46.4 Å². The van der Waals surface area contributed by atoms with E-state index in [1.165, 1.54) is 0 Å². The van der Waals surface area contributed by atoms with Gasteiger partial charge in [0.25, 0.3) is 0 Å². The molecule has 0 unspecified atom stereocenters. The number of aliphatic hydroxyl groups is 2. The molecule has 2 aromatic rings. The van der Waals surface area contributed by atoms with Crippen LogP contribution in [0.5, 0.6) is 0 Å². The van der Waals surface area contributed by atoms with Crippen molar-refractivity contribution < 1.29 is 10.2 Å². The Balaban J connectivity index is 1.85. The molecule has 2 heterocycles. The van der Waals surface area contributed by atoms with E-state index >= 15 is 0 Å². The number of aliphatic hydroxyl groups excluding tert-OH is 2. The molecule has 0 amide bonds. The molecule has 0 bridgehead atoms. The van der Waals surface area contributed by atoms with Gasteiger partial charge in [0.2, 0.25) is 5.28 Å². The standard InChI is InChI=1S/C12H13ClIN5O2/c13-11-17-9(15)5-10(18-11)19(3-16-5)6-4-1-12(4,2-14)8(21)7(6)20/h3-4,6-8,20-21H,1-2H2,(H2,15,17,18)/t4-,6-,7+,8+,12-/m1/s1. The van der Waals surface area contributed by atoms with E-state index in [2.05, 4.69) is 37.5 Å². The molecule has 0 aliphatic heterocycles. The molecule has 0 radical (unpaired) electrons. The smallest absolute Gasteiger partial charge is 0.226 e. The van der Waals surface area contributed by atoms with Crippen molar-refractivity contribution >= 4 is 51.2 Å². The summed E-state index contributed by atoms with van der Waals surface area (Å²) in [6.45, 7) is 0. The second-order valence-electron chi connectivity index (χ2n) is 5.81. The summed E-state index contributed by atoms with van der Waals surface area (Å²) in [5.74, 6) is 0.430. The summed E-state index contributed by atoms with van der Waals surface area (Å²) in [4.78, 5) is 12.3. The third kappa shape index (κ3) is 1.70. The van der Waals surface area contributed by atoms with Crippen LogP contribution in [-0.2, 0) is 0 Å². The molecule has 112 valence electrons. The fourth-order valence-corrected chi connectivity index (χ4v) is 5.14. The van der Waals surface area contributed by atoms with Crippen molar-refractivity contribution in [3.8, 4) is 0 Å². The molecule has 2 saturated carbocycles. The lowest BCUT2D eigenvalue weighted by Crippen LogP contribution is -2.34. The fourth-order valence-electron chi connectivity index (χ4n) is 3.64. The fraction of sp³-hybridized carbons (Fsp3) is 0.583. The molecule has 4 rings (SSSR count). The third-order valence-electron chi connectivity index (χ3n) is 4.84. The minimum atomic E-state index is -0.842. The first-order valence-electron chi connectivity index (χ1n) is 6.57. The molecule has 0 aromatic carbocycles. The average molecular weight is 422 g/mol. The van der Waals surface area contributed by atoms with E-state index < -0.39 is 12.2 Å². The number of hydrogen-bond acceptors (Lipinski definition) is 6. The van der Waals surface area contributed by atoms with Crippen molar-refractivity contribution in [3.05, 3.63) is 11.6 Å². The molecule has 2 aliphatic rings. The summed E-state index contributed by atoms with van der Waals surface area (Å²) in [6, 6.07) is -0.259. The van der Waals surface area contributed by atoms with E-state index in [4.69, 9.17) is 17.3 Å². The summed E-state index contributed by atoms with van der Waals surface area (Å²) in [6.07, 6.45) is 0.920. The Kier molecular flexibility index (Phi) is 2.92. The molecule has 2 aliphatic carbocycles. The van der Waals surface area contributed by atoms with Gasteiger partial charge in [0.15, 0.2) is 11.5 Å². The van der Waals surface area contributed by atoms with Crippen molar-refractivity contribution in [3.63, 3.8) is 0 Å². The Labute approximate surface area is 138 Å². The van der Waals surface area contributed by atoms with Gasteiger partial charge in [-0.2, -0.15) is 9.97 Å². The zero-order valence-corrected chi connectivity index (χ0v) is 13.7. The van der Waals surface area contributed by atoms with Gasteiger partial charge >= 0.3 is 0 Å². The molecular weight excluding hydrogens is 409 g/mol. The van der Waals surface area contributed by atoms with Crippen molar-refractivity contribution in [1.29, 1.82) is 0 Å². The SMILES string of the molecule is Nc1nc(Cl)nc2c1ncn2[C@H]1[C@H](O)[C@H](O)[C@@]2(CI)C[C@H]12. The first-order valence-corrected chi connectivity index (χ1v) is 8.47. The van der Waals surface area contributed by atoms with Crippen LogP contribution in [0.3, 0.4) is 0 Å². The van der Waals surface area contributed by atoms with Gasteiger partial charge in [-0.25, -0.2) is 4.98 Å². The maximum Gasteiger partial charge on any atom is 0.226 e. The highest BCUT2D eigenvalue weighted by Gasteiger charge is 2.70. The largest absolute Gasteiger partial charge is 0.390 e. The lowest BCUT2D eigenvalue weighted by atomic mass is 10.0. The van der Waals surface area contributed by atoms with Crippen molar-refractivity contribution in [2.45, 2.75) is 24.7 Å². The Morgan fingerprint density at radius 2 is 2.24 bits per heavy atom. The molecule has 5 atom stereocenters. The number of rotatable bonds is 2. The van der Waals surface area contributed by atoms with Gasteiger partial charge in [-0.1, -0.05) is 22.6 Å². The number of alkyl halides is 1. The van der Waals surface area contributed by atoms with E-state index in [0.717, 1.165) is 10.8 Å². The lowest BCUT2D eigenvalue weighted by Gasteiger charge is -2.23. The number of nitrogens with zero attached hydrogens (tertiary/aromatic N) is 4. The number of fused-ring (bicyclic) bond motifs is 2. The van der Waals surface area contributed by atoms with Crippen LogP contribution in [0.25, 0.3) is 11.2 Å². The van der Waals surface area contributed by atoms with Crippen molar-refractivity contribution in [2.75, 3.05) is 10.2 Å². The topological polar surface area (TPSA) is 110 Å². The van der Waals surface area contributed by atoms with Crippen LogP contribution in [0.1, 0.15) is 12.5 Å². The summed E-state index contributed by atoms with van der Waals surface area (Å²) in [5, 5.41) is 20.8. The maximum atomic E-state index is 10.4. The quantitative estimate of drug-likeness (QED) is 0.375. The van der Waals surface area contributed by atoms with Crippen LogP contribution in [0, 0.1) is 11.3 Å². The normalized spacial score (nSPS) is 37.9. The van der Waals surface area contributed by atoms with E-state index in [0.29, 0.717) is 11.2 Å². The monoisotopic (exact) mass is 421 g/mol. The number of halogens is 2. The van der Waals surface area contributed by atoms with Gasteiger partial charge < -0.3 is 20.5 Å². The zero-order valence-electron chi connectivity index (χ0n) is 10.8. The van der Waals surface area contributed by atoms with E-state index in [1.807, 2.05) is 0 Å². The molecule has 21 heavy (non-hydrogen) atoms. The molecule has 4 N–H and O–H groups in total. The minimum absolute atomic E-state index is 0.0470. The molecule has 0 saturated heterocycles. The lowest BCUT2D eigenvalue weighted by molar-refractivity contribution is -0.0121. The van der Waals surface area contributed by atoms with Crippen LogP contribution < -0.4 is 5.73 Å². The van der Waals surface area contributed by atoms with Gasteiger partial charge in [-0.15, -0.1) is 0 Å². The van der Waals surface area contributed by atoms with Crippen LogP contribution in [0.15, 0.2) is 6.33 Å². The molecule has 2 fully saturated rings. The number of aromatic nitrogens is 4. The highest BCUT2D eigenvalue weighted by Crippen LogP contribution is 2.68. The number of hydrogen-bond donors (Lipinski definition) is 3. The predicted molar refractivity (Wildman–Crippen MR) is 85.2 cm³/mol. The highest BCUT2D eigenvalue weighted by molar-refractivity contribution is 14.1. The highest BCUT2D eigenvalue weighted by atomic mass is 127. The Morgan fingerprint density at radius 3 is 2.90 bits per heavy atom. The van der Waals surface area contributed by atoms with E-state index in [9.17, 15) is 10.2 Å². The molecule has 9 heteroatoms. The Bertz CT molecular complexity index is 740. The molecule has 0 spiro atoms. The first kappa shape index (κ1) is 13.9. The van der Waals surface area contributed by atoms with Crippen LogP contribution in [0.4, 0.5) is 5.82 Å². The third-order valence-corrected chi connectivity index (χ3v) is 6.43. The van der Waals surface area contributed by atoms with Gasteiger partial charge in [0, 0.05) is 9.84 Å². The Hall–Kier alpha value is -0.710. The molecule has 2 aromatic heterocycles. The van der Waals surface area contributed by atoms with Crippen molar-refractivity contribution in [2.24, 2.45) is 11.3 Å². The number of nitrogens with two attached hydrogens (primary N) is 1. The van der Waals surface area contributed by atoms with Crippen LogP contribution in [0.2, 0.25) is 5.28 Å². The van der Waals surface area contributed by atoms with Gasteiger partial charge in [0.1, 0.15) is 11.6 Å². The van der Waals surface area contributed by atoms with E-state index in [-0.39, 0.29) is 28.5 Å². The average Bonchev–Trinajstić information content (AvgIpc) is 2.97. The van der Waals surface area contributed by atoms with E-state index in [1.54, 1.807) is 10.9 Å². The number of imidazole rings is 1. The summed E-state index contributed by atoms with van der Waals surface area (Å²) >= 11 is 8.14. The second-order valence-corrected chi connectivity index (χ2v) is 6.91. The van der Waals surface area contributed by atoms with Gasteiger partial charge in [-0.3, -0.25) is 0 Å². The van der Waals surface area contributed by atoms with Crippen LogP contribution >= 0.6 is 34.2 Å². The number of anilines is 1. The molecule has 7 nitrogen and oxygen atoms in total. The molecular formula is C12H13ClIN5O2. The second kappa shape index (κ2) is 4.40. The zero-order chi connectivity index (χ0) is 14.9. The summed E-state index contributed by atoms with van der Waals surface area (Å²) in [5.41, 5.74) is 6.58. The van der Waals surface area contributed by atoms with Gasteiger partial charge in [-0.05, 0) is 23.9 Å². The minimum Gasteiger partial charge on any atom is -0.390 e. The number of nitrogen functional groups attached to an aromatic ring is 1. The predicted octanol–water partition coefficient (Wildman–Crippen LogP) is 0.780. The summed E-state index contributed by atoms with van der Waals surface area (Å²) < 4.78 is 2.59. The van der Waals surface area contributed by atoms with Crippen molar-refractivity contribution in [1.82, 2.24) is 19.5 Å². The Morgan fingerprint density at radius 1 is 1.48 bits per heavy atom.